The first-order valence-corrected chi connectivity index (χ1v) is 7.81. The maximum Gasteiger partial charge on any atom is 0.139 e. The van der Waals surface area contributed by atoms with Gasteiger partial charge < -0.3 is 5.32 Å². The van der Waals surface area contributed by atoms with Crippen LogP contribution in [0, 0.1) is 5.82 Å². The molecule has 0 saturated heterocycles. The van der Waals surface area contributed by atoms with Crippen molar-refractivity contribution >= 4 is 27.4 Å². The molecule has 2 aromatic heterocycles. The van der Waals surface area contributed by atoms with Gasteiger partial charge in [0.1, 0.15) is 22.8 Å². The maximum atomic E-state index is 13.1. The van der Waals surface area contributed by atoms with Crippen molar-refractivity contribution in [3.05, 3.63) is 41.8 Å². The highest BCUT2D eigenvalue weighted by molar-refractivity contribution is 7.17. The molecule has 3 aromatic rings. The average molecular weight is 301 g/mol. The van der Waals surface area contributed by atoms with Crippen LogP contribution in [-0.4, -0.2) is 16.0 Å². The van der Waals surface area contributed by atoms with Crippen molar-refractivity contribution in [1.82, 2.24) is 9.97 Å². The van der Waals surface area contributed by atoms with Crippen LogP contribution in [0.5, 0.6) is 0 Å². The number of fused-ring (bicyclic) bond motifs is 1. The van der Waals surface area contributed by atoms with E-state index in [-0.39, 0.29) is 5.82 Å². The second-order valence-electron chi connectivity index (χ2n) is 5.01. The molecule has 0 aliphatic rings. The molecule has 0 fully saturated rings. The minimum absolute atomic E-state index is 0.229. The third-order valence-corrected chi connectivity index (χ3v) is 4.41. The summed E-state index contributed by atoms with van der Waals surface area (Å²) in [5.74, 6) is 0.613. The molecule has 3 nitrogen and oxygen atoms in total. The second-order valence-corrected chi connectivity index (χ2v) is 5.87. The van der Waals surface area contributed by atoms with E-state index in [2.05, 4.69) is 29.1 Å². The summed E-state index contributed by atoms with van der Waals surface area (Å²) < 4.78 is 13.1. The van der Waals surface area contributed by atoms with Gasteiger partial charge in [0.15, 0.2) is 0 Å². The van der Waals surface area contributed by atoms with E-state index in [1.54, 1.807) is 29.8 Å². The number of nitrogens with one attached hydrogen (secondary N) is 1. The van der Waals surface area contributed by atoms with Crippen LogP contribution >= 0.6 is 11.3 Å². The van der Waals surface area contributed by atoms with Gasteiger partial charge in [0.05, 0.1) is 5.39 Å². The molecule has 0 aliphatic heterocycles. The Bertz CT molecular complexity index is 752. The Morgan fingerprint density at radius 2 is 2.00 bits per heavy atom. The van der Waals surface area contributed by atoms with Gasteiger partial charge in [-0.15, -0.1) is 11.3 Å². The maximum absolute atomic E-state index is 13.1. The molecule has 0 bridgehead atoms. The molecule has 0 spiro atoms. The first-order valence-electron chi connectivity index (χ1n) is 6.93. The lowest BCUT2D eigenvalue weighted by Crippen LogP contribution is -2.14. The molecule has 0 radical (unpaired) electrons. The second kappa shape index (κ2) is 5.77. The summed E-state index contributed by atoms with van der Waals surface area (Å²) in [6, 6.07) is 6.87. The molecule has 1 atom stereocenters. The Morgan fingerprint density at radius 1 is 1.24 bits per heavy atom. The van der Waals surface area contributed by atoms with E-state index in [9.17, 15) is 4.39 Å². The third kappa shape index (κ3) is 2.74. The van der Waals surface area contributed by atoms with Crippen molar-refractivity contribution in [2.24, 2.45) is 0 Å². The van der Waals surface area contributed by atoms with Crippen LogP contribution in [0.15, 0.2) is 36.0 Å². The number of rotatable bonds is 4. The number of hydrogen-bond acceptors (Lipinski definition) is 4. The van der Waals surface area contributed by atoms with Crippen molar-refractivity contribution < 1.29 is 4.39 Å². The number of aromatic nitrogens is 2. The van der Waals surface area contributed by atoms with Crippen LogP contribution in [0.4, 0.5) is 10.2 Å². The summed E-state index contributed by atoms with van der Waals surface area (Å²) >= 11 is 1.58. The van der Waals surface area contributed by atoms with Crippen LogP contribution < -0.4 is 5.32 Å². The zero-order valence-electron chi connectivity index (χ0n) is 11.9. The Hall–Kier alpha value is -2.01. The minimum atomic E-state index is -0.229. The highest BCUT2D eigenvalue weighted by Crippen LogP contribution is 2.36. The highest BCUT2D eigenvalue weighted by Gasteiger charge is 2.14. The van der Waals surface area contributed by atoms with E-state index in [0.29, 0.717) is 6.04 Å². The van der Waals surface area contributed by atoms with Crippen LogP contribution in [0.1, 0.15) is 20.3 Å². The van der Waals surface area contributed by atoms with E-state index < -0.39 is 0 Å². The predicted molar refractivity (Wildman–Crippen MR) is 86.2 cm³/mol. The Morgan fingerprint density at radius 3 is 2.71 bits per heavy atom. The van der Waals surface area contributed by atoms with Crippen LogP contribution in [0.2, 0.25) is 0 Å². The normalized spacial score (nSPS) is 12.5. The Balaban J connectivity index is 2.13. The van der Waals surface area contributed by atoms with Crippen molar-refractivity contribution in [3.8, 4) is 11.1 Å². The molecule has 108 valence electrons. The SMILES string of the molecule is CC[C@@H](C)Nc1ncnc2scc(-c3ccc(F)cc3)c12. The quantitative estimate of drug-likeness (QED) is 0.758. The molecule has 0 unspecified atom stereocenters. The molecule has 1 N–H and O–H groups in total. The lowest BCUT2D eigenvalue weighted by molar-refractivity contribution is 0.628. The zero-order valence-corrected chi connectivity index (χ0v) is 12.7. The molecule has 0 aliphatic carbocycles. The van der Waals surface area contributed by atoms with Crippen LogP contribution in [0.25, 0.3) is 21.3 Å². The number of hydrogen-bond donors (Lipinski definition) is 1. The van der Waals surface area contributed by atoms with Crippen molar-refractivity contribution in [2.75, 3.05) is 5.32 Å². The number of anilines is 1. The molecular formula is C16H16FN3S. The molecule has 21 heavy (non-hydrogen) atoms. The molecule has 5 heteroatoms. The summed E-state index contributed by atoms with van der Waals surface area (Å²) in [5, 5.41) is 6.48. The van der Waals surface area contributed by atoms with E-state index in [4.69, 9.17) is 0 Å². The van der Waals surface area contributed by atoms with Gasteiger partial charge in [-0.05, 0) is 31.0 Å². The fourth-order valence-corrected chi connectivity index (χ4v) is 3.08. The summed E-state index contributed by atoms with van der Waals surface area (Å²) in [6.07, 6.45) is 2.60. The van der Waals surface area contributed by atoms with Crippen molar-refractivity contribution in [3.63, 3.8) is 0 Å². The van der Waals surface area contributed by atoms with Crippen LogP contribution in [-0.2, 0) is 0 Å². The monoisotopic (exact) mass is 301 g/mol. The first kappa shape index (κ1) is 13.9. The van der Waals surface area contributed by atoms with E-state index in [1.807, 2.05) is 5.38 Å². The molecule has 0 amide bonds. The fraction of sp³-hybridized carbons (Fsp3) is 0.250. The van der Waals surface area contributed by atoms with Crippen molar-refractivity contribution in [1.29, 1.82) is 0 Å². The first-order chi connectivity index (χ1) is 10.2. The average Bonchev–Trinajstić information content (AvgIpc) is 2.93. The lowest BCUT2D eigenvalue weighted by atomic mass is 10.1. The van der Waals surface area contributed by atoms with Gasteiger partial charge >= 0.3 is 0 Å². The smallest absolute Gasteiger partial charge is 0.139 e. The van der Waals surface area contributed by atoms with E-state index >= 15 is 0 Å². The lowest BCUT2D eigenvalue weighted by Gasteiger charge is -2.13. The summed E-state index contributed by atoms with van der Waals surface area (Å²) in [6.45, 7) is 4.25. The topological polar surface area (TPSA) is 37.8 Å². The van der Waals surface area contributed by atoms with Gasteiger partial charge in [0, 0.05) is 17.0 Å². The molecule has 3 rings (SSSR count). The van der Waals surface area contributed by atoms with Crippen molar-refractivity contribution in [2.45, 2.75) is 26.3 Å². The number of halogens is 1. The van der Waals surface area contributed by atoms with Gasteiger partial charge in [-0.3, -0.25) is 0 Å². The third-order valence-electron chi connectivity index (χ3n) is 3.52. The van der Waals surface area contributed by atoms with Gasteiger partial charge in [0.2, 0.25) is 0 Å². The van der Waals surface area contributed by atoms with Gasteiger partial charge in [-0.25, -0.2) is 14.4 Å². The molecular weight excluding hydrogens is 285 g/mol. The molecule has 2 heterocycles. The van der Waals surface area contributed by atoms with Gasteiger partial charge in [0.25, 0.3) is 0 Å². The summed E-state index contributed by atoms with van der Waals surface area (Å²) in [7, 11) is 0. The van der Waals surface area contributed by atoms with E-state index in [0.717, 1.165) is 33.6 Å². The van der Waals surface area contributed by atoms with Crippen LogP contribution in [0.3, 0.4) is 0 Å². The van der Waals surface area contributed by atoms with Gasteiger partial charge in [-0.2, -0.15) is 0 Å². The Kier molecular flexibility index (Phi) is 3.84. The minimum Gasteiger partial charge on any atom is -0.367 e. The summed E-state index contributed by atoms with van der Waals surface area (Å²) in [5.41, 5.74) is 2.02. The summed E-state index contributed by atoms with van der Waals surface area (Å²) in [4.78, 5) is 9.65. The van der Waals surface area contributed by atoms with Gasteiger partial charge in [-0.1, -0.05) is 19.1 Å². The number of thiophene rings is 1. The molecule has 0 saturated carbocycles. The predicted octanol–water partition coefficient (Wildman–Crippen LogP) is 4.71. The standard InChI is InChI=1S/C16H16FN3S/c1-3-10(2)20-15-14-13(8-21-16(14)19-9-18-15)11-4-6-12(17)7-5-11/h4-10H,3H2,1-2H3,(H,18,19,20)/t10-/m1/s1. The van der Waals surface area contributed by atoms with E-state index in [1.165, 1.54) is 12.1 Å². The fourth-order valence-electron chi connectivity index (χ4n) is 2.16. The molecule has 1 aromatic carbocycles. The largest absolute Gasteiger partial charge is 0.367 e. The Labute approximate surface area is 126 Å². The number of benzene rings is 1. The number of nitrogens with zero attached hydrogens (tertiary/aromatic N) is 2. The zero-order chi connectivity index (χ0) is 14.8. The highest BCUT2D eigenvalue weighted by atomic mass is 32.1.